The normalized spacial score (nSPS) is 11.6. The summed E-state index contributed by atoms with van der Waals surface area (Å²) in [5.41, 5.74) is -0.946. The van der Waals surface area contributed by atoms with E-state index in [4.69, 9.17) is 25.8 Å². The highest BCUT2D eigenvalue weighted by molar-refractivity contribution is 7.91. The molecule has 4 aromatic rings. The van der Waals surface area contributed by atoms with Crippen molar-refractivity contribution in [1.29, 1.82) is 0 Å². The summed E-state index contributed by atoms with van der Waals surface area (Å²) < 4.78 is 81.6. The Labute approximate surface area is 220 Å². The van der Waals surface area contributed by atoms with Crippen molar-refractivity contribution in [2.45, 2.75) is 16.0 Å². The van der Waals surface area contributed by atoms with Crippen molar-refractivity contribution in [1.82, 2.24) is 4.98 Å². The summed E-state index contributed by atoms with van der Waals surface area (Å²) in [6.45, 7) is 0. The van der Waals surface area contributed by atoms with Gasteiger partial charge in [0.05, 0.1) is 23.1 Å². The number of methoxy groups -OCH3 is 1. The highest BCUT2D eigenvalue weighted by Crippen LogP contribution is 2.38. The average Bonchev–Trinajstić information content (AvgIpc) is 2.90. The summed E-state index contributed by atoms with van der Waals surface area (Å²) in [5.74, 6) is -1.14. The largest absolute Gasteiger partial charge is 0.497 e. The number of hydrogen-bond acceptors (Lipinski definition) is 7. The van der Waals surface area contributed by atoms with Crippen molar-refractivity contribution < 1.29 is 40.6 Å². The van der Waals surface area contributed by atoms with Crippen LogP contribution in [0.25, 0.3) is 0 Å². The smallest absolute Gasteiger partial charge is 0.417 e. The molecule has 0 spiro atoms. The molecule has 4 rings (SSSR count). The molecule has 0 aliphatic carbocycles. The maximum absolute atomic E-state index is 13.5. The quantitative estimate of drug-likeness (QED) is 0.185. The fraction of sp³-hybridized carbons (Fsp3) is 0.0769. The molecule has 196 valence electrons. The minimum Gasteiger partial charge on any atom is -0.497 e. The minimum absolute atomic E-state index is 0.0930. The first-order chi connectivity index (χ1) is 18.0. The second-order valence-corrected chi connectivity index (χ2v) is 9.98. The Bertz CT molecular complexity index is 1580. The Morgan fingerprint density at radius 3 is 2.18 bits per heavy atom. The fourth-order valence-corrected chi connectivity index (χ4v) is 4.85. The molecule has 3 aromatic carbocycles. The molecule has 1 heterocycles. The molecule has 0 radical (unpaired) electrons. The maximum Gasteiger partial charge on any atom is 0.417 e. The van der Waals surface area contributed by atoms with Crippen molar-refractivity contribution >= 4 is 27.4 Å². The lowest BCUT2D eigenvalue weighted by Crippen LogP contribution is -2.12. The number of esters is 1. The van der Waals surface area contributed by atoms with E-state index in [0.717, 1.165) is 6.07 Å². The molecule has 0 atom stereocenters. The van der Waals surface area contributed by atoms with Gasteiger partial charge < -0.3 is 14.2 Å². The molecule has 1 aromatic heterocycles. The predicted molar refractivity (Wildman–Crippen MR) is 131 cm³/mol. The summed E-state index contributed by atoms with van der Waals surface area (Å²) in [4.78, 5) is 15.8. The molecule has 0 saturated carbocycles. The molecule has 0 saturated heterocycles. The van der Waals surface area contributed by atoms with E-state index in [-0.39, 0.29) is 27.8 Å². The van der Waals surface area contributed by atoms with E-state index >= 15 is 0 Å². The van der Waals surface area contributed by atoms with Gasteiger partial charge in [-0.1, -0.05) is 29.8 Å². The van der Waals surface area contributed by atoms with Crippen LogP contribution in [0.3, 0.4) is 0 Å². The van der Waals surface area contributed by atoms with Gasteiger partial charge in [0.2, 0.25) is 15.7 Å². The molecule has 0 N–H and O–H groups in total. The third-order valence-corrected chi connectivity index (χ3v) is 7.20. The van der Waals surface area contributed by atoms with Crippen LogP contribution in [0.15, 0.2) is 94.9 Å². The molecule has 7 nitrogen and oxygen atoms in total. The van der Waals surface area contributed by atoms with E-state index in [0.29, 0.717) is 18.0 Å². The van der Waals surface area contributed by atoms with Crippen molar-refractivity contribution in [3.05, 3.63) is 101 Å². The molecule has 0 amide bonds. The molecule has 0 unspecified atom stereocenters. The second-order valence-electron chi connectivity index (χ2n) is 7.65. The van der Waals surface area contributed by atoms with Crippen LogP contribution in [0.4, 0.5) is 13.2 Å². The first-order valence-corrected chi connectivity index (χ1v) is 12.6. The van der Waals surface area contributed by atoms with Crippen LogP contribution in [0.1, 0.15) is 15.9 Å². The lowest BCUT2D eigenvalue weighted by atomic mass is 10.2. The number of aromatic nitrogens is 1. The van der Waals surface area contributed by atoms with E-state index in [1.54, 1.807) is 6.07 Å². The van der Waals surface area contributed by atoms with Gasteiger partial charge in [0.1, 0.15) is 21.4 Å². The van der Waals surface area contributed by atoms with E-state index in [9.17, 15) is 26.4 Å². The van der Waals surface area contributed by atoms with E-state index in [1.165, 1.54) is 67.8 Å². The van der Waals surface area contributed by atoms with Crippen LogP contribution in [0.5, 0.6) is 23.1 Å². The lowest BCUT2D eigenvalue weighted by Gasteiger charge is -2.14. The Morgan fingerprint density at radius 2 is 1.58 bits per heavy atom. The van der Waals surface area contributed by atoms with Crippen LogP contribution in [-0.4, -0.2) is 26.5 Å². The van der Waals surface area contributed by atoms with Gasteiger partial charge in [-0.25, -0.2) is 18.2 Å². The Kier molecular flexibility index (Phi) is 7.61. The molecular weight excluding hydrogens is 547 g/mol. The van der Waals surface area contributed by atoms with Crippen molar-refractivity contribution in [3.63, 3.8) is 0 Å². The van der Waals surface area contributed by atoms with Crippen molar-refractivity contribution in [2.75, 3.05) is 7.11 Å². The number of alkyl halides is 3. The Balaban J connectivity index is 1.72. The standard InChI is InChI=1S/C26H17ClF3NO6S/c1-35-18-9-7-16(8-10-18)25(32)37-22-12-11-19(14-23(22)38(33,34)20-5-3-2-4-6-20)36-24-21(27)13-17(15-31-24)26(28,29)30/h2-15H,1H3. The number of ether oxygens (including phenoxy) is 3. The third kappa shape index (κ3) is 5.90. The van der Waals surface area contributed by atoms with E-state index < -0.39 is 37.5 Å². The van der Waals surface area contributed by atoms with Crippen LogP contribution in [0, 0.1) is 0 Å². The minimum atomic E-state index is -4.67. The van der Waals surface area contributed by atoms with Crippen LogP contribution < -0.4 is 14.2 Å². The molecule has 12 heteroatoms. The molecule has 0 fully saturated rings. The van der Waals surface area contributed by atoms with Gasteiger partial charge >= 0.3 is 12.1 Å². The Hall–Kier alpha value is -4.09. The molecular formula is C26H17ClF3NO6S. The maximum atomic E-state index is 13.5. The second kappa shape index (κ2) is 10.7. The number of carbonyl (C=O) groups is 1. The molecule has 0 aliphatic heterocycles. The zero-order valence-electron chi connectivity index (χ0n) is 19.4. The van der Waals surface area contributed by atoms with Gasteiger partial charge in [-0.2, -0.15) is 13.2 Å². The highest BCUT2D eigenvalue weighted by atomic mass is 35.5. The van der Waals surface area contributed by atoms with E-state index in [1.807, 2.05) is 0 Å². The summed E-state index contributed by atoms with van der Waals surface area (Å²) in [5, 5.41) is -0.442. The van der Waals surface area contributed by atoms with Gasteiger partial charge in [-0.05, 0) is 54.6 Å². The summed E-state index contributed by atoms with van der Waals surface area (Å²) in [6.07, 6.45) is -4.13. The molecule has 0 aliphatic rings. The topological polar surface area (TPSA) is 91.8 Å². The zero-order valence-corrected chi connectivity index (χ0v) is 21.0. The van der Waals surface area contributed by atoms with E-state index in [2.05, 4.69) is 4.98 Å². The average molecular weight is 564 g/mol. The first kappa shape index (κ1) is 27.0. The number of benzene rings is 3. The molecule has 38 heavy (non-hydrogen) atoms. The van der Waals surface area contributed by atoms with Gasteiger partial charge in [-0.3, -0.25) is 0 Å². The number of nitrogens with zero attached hydrogens (tertiary/aromatic N) is 1. The summed E-state index contributed by atoms with van der Waals surface area (Å²) in [6, 6.07) is 17.5. The summed E-state index contributed by atoms with van der Waals surface area (Å²) in [7, 11) is -2.78. The van der Waals surface area contributed by atoms with Gasteiger partial charge in [0.25, 0.3) is 0 Å². The number of hydrogen-bond donors (Lipinski definition) is 0. The zero-order chi connectivity index (χ0) is 27.5. The molecule has 0 bridgehead atoms. The first-order valence-electron chi connectivity index (χ1n) is 10.7. The van der Waals surface area contributed by atoms with Gasteiger partial charge in [0, 0.05) is 12.3 Å². The number of halogens is 4. The fourth-order valence-electron chi connectivity index (χ4n) is 3.23. The lowest BCUT2D eigenvalue weighted by molar-refractivity contribution is -0.137. The van der Waals surface area contributed by atoms with Crippen LogP contribution in [0.2, 0.25) is 5.02 Å². The van der Waals surface area contributed by atoms with Crippen molar-refractivity contribution in [2.24, 2.45) is 0 Å². The number of sulfone groups is 1. The number of pyridine rings is 1. The Morgan fingerprint density at radius 1 is 0.921 bits per heavy atom. The number of rotatable bonds is 7. The van der Waals surface area contributed by atoms with Gasteiger partial charge in [-0.15, -0.1) is 0 Å². The SMILES string of the molecule is COc1ccc(C(=O)Oc2ccc(Oc3ncc(C(F)(F)F)cc3Cl)cc2S(=O)(=O)c2ccccc2)cc1. The van der Waals surface area contributed by atoms with Crippen LogP contribution in [-0.2, 0) is 16.0 Å². The predicted octanol–water partition coefficient (Wildman–Crippen LogP) is 6.61. The monoisotopic (exact) mass is 563 g/mol. The summed E-state index contributed by atoms with van der Waals surface area (Å²) >= 11 is 5.92. The van der Waals surface area contributed by atoms with Crippen molar-refractivity contribution in [3.8, 4) is 23.1 Å². The van der Waals surface area contributed by atoms with Gasteiger partial charge in [0.15, 0.2) is 5.75 Å². The third-order valence-electron chi connectivity index (χ3n) is 5.14. The highest BCUT2D eigenvalue weighted by Gasteiger charge is 2.32. The van der Waals surface area contributed by atoms with Crippen LogP contribution >= 0.6 is 11.6 Å². The number of carbonyl (C=O) groups excluding carboxylic acids is 1.